The lowest BCUT2D eigenvalue weighted by Crippen LogP contribution is -2.06. The summed E-state index contributed by atoms with van der Waals surface area (Å²) in [6, 6.07) is 9.35. The second kappa shape index (κ2) is 5.99. The number of hydrazone groups is 1. The number of anilines is 1. The smallest absolute Gasteiger partial charge is 0.337 e. The first-order valence-electron chi connectivity index (χ1n) is 5.67. The molecule has 0 aliphatic heterocycles. The molecule has 0 aliphatic carbocycles. The van der Waals surface area contributed by atoms with Crippen molar-refractivity contribution < 1.29 is 9.90 Å². The SMILES string of the molecule is N#CC(C#N)=NNc1cc(-n2cccn2)ccc1C(=O)O. The van der Waals surface area contributed by atoms with Gasteiger partial charge in [0.05, 0.1) is 16.9 Å². The van der Waals surface area contributed by atoms with Crippen molar-refractivity contribution in [2.45, 2.75) is 0 Å². The Kier molecular flexibility index (Phi) is 3.93. The van der Waals surface area contributed by atoms with Crippen molar-refractivity contribution in [3.05, 3.63) is 42.2 Å². The minimum atomic E-state index is -1.16. The third-order valence-corrected chi connectivity index (χ3v) is 2.50. The Morgan fingerprint density at radius 3 is 2.71 bits per heavy atom. The largest absolute Gasteiger partial charge is 0.478 e. The molecule has 1 heterocycles. The van der Waals surface area contributed by atoms with Gasteiger partial charge in [-0.15, -0.1) is 0 Å². The molecule has 8 heteroatoms. The number of benzene rings is 1. The summed E-state index contributed by atoms with van der Waals surface area (Å²) < 4.78 is 1.54. The molecule has 0 bridgehead atoms. The first-order valence-corrected chi connectivity index (χ1v) is 5.67. The third-order valence-electron chi connectivity index (χ3n) is 2.50. The molecule has 1 aromatic carbocycles. The summed E-state index contributed by atoms with van der Waals surface area (Å²) >= 11 is 0. The topological polar surface area (TPSA) is 127 Å². The molecule has 0 saturated heterocycles. The van der Waals surface area contributed by atoms with Crippen LogP contribution in [0.15, 0.2) is 41.8 Å². The zero-order valence-electron chi connectivity index (χ0n) is 10.6. The Labute approximate surface area is 119 Å². The van der Waals surface area contributed by atoms with Gasteiger partial charge in [0.1, 0.15) is 12.1 Å². The molecule has 0 atom stereocenters. The fourth-order valence-corrected chi connectivity index (χ4v) is 1.57. The highest BCUT2D eigenvalue weighted by atomic mass is 16.4. The van der Waals surface area contributed by atoms with E-state index in [0.29, 0.717) is 5.69 Å². The fourth-order valence-electron chi connectivity index (χ4n) is 1.57. The number of nitrogens with zero attached hydrogens (tertiary/aromatic N) is 5. The van der Waals surface area contributed by atoms with Crippen molar-refractivity contribution in [3.63, 3.8) is 0 Å². The first-order chi connectivity index (χ1) is 10.2. The molecule has 0 saturated carbocycles. The van der Waals surface area contributed by atoms with Crippen molar-refractivity contribution in [1.82, 2.24) is 9.78 Å². The number of carboxylic acids is 1. The number of aromatic nitrogens is 2. The monoisotopic (exact) mass is 280 g/mol. The molecule has 0 fully saturated rings. The second-order valence-corrected chi connectivity index (χ2v) is 3.78. The van der Waals surface area contributed by atoms with Gasteiger partial charge in [0.15, 0.2) is 0 Å². The normalized spacial score (nSPS) is 9.24. The molecule has 102 valence electrons. The van der Waals surface area contributed by atoms with E-state index in [4.69, 9.17) is 15.6 Å². The van der Waals surface area contributed by atoms with Crippen LogP contribution >= 0.6 is 0 Å². The van der Waals surface area contributed by atoms with Gasteiger partial charge in [0.25, 0.3) is 0 Å². The quantitative estimate of drug-likeness (QED) is 0.643. The van der Waals surface area contributed by atoms with E-state index >= 15 is 0 Å². The summed E-state index contributed by atoms with van der Waals surface area (Å²) in [5.41, 5.74) is 2.74. The van der Waals surface area contributed by atoms with Gasteiger partial charge < -0.3 is 5.11 Å². The van der Waals surface area contributed by atoms with Crippen molar-refractivity contribution in [2.24, 2.45) is 5.10 Å². The average Bonchev–Trinajstić information content (AvgIpc) is 3.02. The number of nitrogens with one attached hydrogen (secondary N) is 1. The van der Waals surface area contributed by atoms with Gasteiger partial charge in [-0.2, -0.15) is 20.7 Å². The van der Waals surface area contributed by atoms with Gasteiger partial charge in [-0.1, -0.05) is 0 Å². The highest BCUT2D eigenvalue weighted by Crippen LogP contribution is 2.20. The summed E-state index contributed by atoms with van der Waals surface area (Å²) in [4.78, 5) is 11.2. The Hall–Kier alpha value is -3.65. The van der Waals surface area contributed by atoms with Crippen LogP contribution in [0.3, 0.4) is 0 Å². The molecule has 0 amide bonds. The Morgan fingerprint density at radius 2 is 2.14 bits per heavy atom. The van der Waals surface area contributed by atoms with Crippen LogP contribution in [0.5, 0.6) is 0 Å². The lowest BCUT2D eigenvalue weighted by atomic mass is 10.1. The molecular weight excluding hydrogens is 272 g/mol. The van der Waals surface area contributed by atoms with E-state index in [1.54, 1.807) is 36.7 Å². The van der Waals surface area contributed by atoms with E-state index in [2.05, 4.69) is 15.6 Å². The summed E-state index contributed by atoms with van der Waals surface area (Å²) in [5, 5.41) is 33.9. The summed E-state index contributed by atoms with van der Waals surface area (Å²) in [6.45, 7) is 0. The number of hydrogen-bond donors (Lipinski definition) is 2. The van der Waals surface area contributed by atoms with Crippen LogP contribution in [-0.2, 0) is 0 Å². The molecule has 1 aromatic heterocycles. The molecular formula is C13H8N6O2. The number of carboxylic acid groups (broad SMARTS) is 1. The average molecular weight is 280 g/mol. The van der Waals surface area contributed by atoms with Gasteiger partial charge in [0, 0.05) is 12.4 Å². The lowest BCUT2D eigenvalue weighted by molar-refractivity contribution is 0.0698. The van der Waals surface area contributed by atoms with Crippen LogP contribution in [0.25, 0.3) is 5.69 Å². The van der Waals surface area contributed by atoms with Gasteiger partial charge in [-0.3, -0.25) is 5.43 Å². The van der Waals surface area contributed by atoms with Crippen molar-refractivity contribution in [3.8, 4) is 17.8 Å². The molecule has 0 radical (unpaired) electrons. The molecule has 0 unspecified atom stereocenters. The molecule has 2 N–H and O–H groups in total. The van der Waals surface area contributed by atoms with E-state index < -0.39 is 11.7 Å². The Bertz CT molecular complexity index is 764. The van der Waals surface area contributed by atoms with Gasteiger partial charge in [0.2, 0.25) is 5.71 Å². The number of aromatic carboxylic acids is 1. The minimum Gasteiger partial charge on any atom is -0.478 e. The summed E-state index contributed by atoms with van der Waals surface area (Å²) in [7, 11) is 0. The predicted molar refractivity (Wildman–Crippen MR) is 72.8 cm³/mol. The second-order valence-electron chi connectivity index (χ2n) is 3.78. The number of rotatable bonds is 4. The maximum absolute atomic E-state index is 11.2. The third kappa shape index (κ3) is 3.03. The van der Waals surface area contributed by atoms with Gasteiger partial charge in [-0.05, 0) is 24.3 Å². The van der Waals surface area contributed by atoms with Crippen molar-refractivity contribution in [2.75, 3.05) is 5.43 Å². The zero-order chi connectivity index (χ0) is 15.2. The maximum Gasteiger partial charge on any atom is 0.337 e. The number of hydrogen-bond acceptors (Lipinski definition) is 6. The minimum absolute atomic E-state index is 0.0371. The first kappa shape index (κ1) is 13.8. The van der Waals surface area contributed by atoms with Crippen LogP contribution in [0.2, 0.25) is 0 Å². The Morgan fingerprint density at radius 1 is 1.38 bits per heavy atom. The number of carbonyl (C=O) groups is 1. The highest BCUT2D eigenvalue weighted by molar-refractivity contribution is 6.10. The van der Waals surface area contributed by atoms with Crippen LogP contribution in [0.4, 0.5) is 5.69 Å². The molecule has 2 aromatic rings. The van der Waals surface area contributed by atoms with E-state index in [1.165, 1.54) is 16.8 Å². The van der Waals surface area contributed by atoms with Gasteiger partial charge in [-0.25, -0.2) is 9.48 Å². The van der Waals surface area contributed by atoms with E-state index in [9.17, 15) is 4.79 Å². The van der Waals surface area contributed by atoms with E-state index in [1.807, 2.05) is 0 Å². The Balaban J connectivity index is 2.44. The summed E-state index contributed by atoms with van der Waals surface area (Å²) in [6.07, 6.45) is 3.28. The molecule has 21 heavy (non-hydrogen) atoms. The van der Waals surface area contributed by atoms with Crippen molar-refractivity contribution in [1.29, 1.82) is 10.5 Å². The zero-order valence-corrected chi connectivity index (χ0v) is 10.6. The lowest BCUT2D eigenvalue weighted by Gasteiger charge is -2.08. The van der Waals surface area contributed by atoms with Crippen LogP contribution in [0.1, 0.15) is 10.4 Å². The van der Waals surface area contributed by atoms with E-state index in [0.717, 1.165) is 0 Å². The van der Waals surface area contributed by atoms with Gasteiger partial charge >= 0.3 is 5.97 Å². The van der Waals surface area contributed by atoms with Crippen LogP contribution in [-0.4, -0.2) is 26.6 Å². The van der Waals surface area contributed by atoms with Crippen LogP contribution in [0, 0.1) is 22.7 Å². The van der Waals surface area contributed by atoms with Crippen molar-refractivity contribution >= 4 is 17.4 Å². The number of nitriles is 2. The maximum atomic E-state index is 11.2. The predicted octanol–water partition coefficient (Wildman–Crippen LogP) is 1.39. The fraction of sp³-hybridized carbons (Fsp3) is 0. The van der Waals surface area contributed by atoms with E-state index in [-0.39, 0.29) is 11.3 Å². The summed E-state index contributed by atoms with van der Waals surface area (Å²) in [5.74, 6) is -1.16. The molecule has 0 aliphatic rings. The molecule has 8 nitrogen and oxygen atoms in total. The molecule has 0 spiro atoms. The highest BCUT2D eigenvalue weighted by Gasteiger charge is 2.11. The standard InChI is InChI=1S/C13H8N6O2/c14-7-9(8-15)17-18-12-6-10(19-5-1-4-16-19)2-3-11(12)13(20)21/h1-6,18H,(H,20,21). The van der Waals surface area contributed by atoms with Crippen LogP contribution < -0.4 is 5.43 Å². The molecule has 2 rings (SSSR count).